The van der Waals surface area contributed by atoms with Crippen molar-refractivity contribution >= 4 is 11.9 Å². The monoisotopic (exact) mass is 280 g/mol. The zero-order valence-electron chi connectivity index (χ0n) is 11.4. The fourth-order valence-electron chi connectivity index (χ4n) is 1.77. The van der Waals surface area contributed by atoms with Crippen LogP contribution in [-0.4, -0.2) is 34.2 Å². The molecule has 0 fully saturated rings. The SMILES string of the molecule is CC(O)(CNC(=O)CC(N)c1ccccc1)CC(=O)O. The molecule has 0 saturated carbocycles. The fraction of sp³-hybridized carbons (Fsp3) is 0.429. The maximum absolute atomic E-state index is 11.7. The van der Waals surface area contributed by atoms with Crippen LogP contribution in [0.5, 0.6) is 0 Å². The number of aliphatic hydroxyl groups is 1. The lowest BCUT2D eigenvalue weighted by atomic mass is 10.0. The van der Waals surface area contributed by atoms with Crippen molar-refractivity contribution in [2.45, 2.75) is 31.4 Å². The van der Waals surface area contributed by atoms with Gasteiger partial charge in [0.2, 0.25) is 5.91 Å². The molecule has 2 unspecified atom stereocenters. The van der Waals surface area contributed by atoms with Gasteiger partial charge in [0.05, 0.1) is 12.0 Å². The summed E-state index contributed by atoms with van der Waals surface area (Å²) >= 11 is 0. The highest BCUT2D eigenvalue weighted by Gasteiger charge is 2.25. The molecule has 20 heavy (non-hydrogen) atoms. The molecule has 0 radical (unpaired) electrons. The third kappa shape index (κ3) is 5.81. The molecule has 0 spiro atoms. The molecule has 0 aliphatic heterocycles. The third-order valence-electron chi connectivity index (χ3n) is 2.83. The summed E-state index contributed by atoms with van der Waals surface area (Å²) in [4.78, 5) is 22.2. The molecule has 0 aliphatic carbocycles. The highest BCUT2D eigenvalue weighted by Crippen LogP contribution is 2.13. The van der Waals surface area contributed by atoms with Crippen LogP contribution >= 0.6 is 0 Å². The Kier molecular flexibility index (Phi) is 5.66. The zero-order chi connectivity index (χ0) is 15.2. The Morgan fingerprint density at radius 1 is 1.35 bits per heavy atom. The van der Waals surface area contributed by atoms with Gasteiger partial charge in [-0.3, -0.25) is 9.59 Å². The molecule has 1 rings (SSSR count). The topological polar surface area (TPSA) is 113 Å². The number of rotatable bonds is 7. The quantitative estimate of drug-likeness (QED) is 0.578. The molecule has 0 aromatic heterocycles. The molecule has 1 aromatic carbocycles. The molecule has 2 atom stereocenters. The summed E-state index contributed by atoms with van der Waals surface area (Å²) in [6.07, 6.45) is -0.356. The average molecular weight is 280 g/mol. The first-order valence-electron chi connectivity index (χ1n) is 6.31. The van der Waals surface area contributed by atoms with Crippen molar-refractivity contribution in [1.82, 2.24) is 5.32 Å². The molecule has 1 aromatic rings. The van der Waals surface area contributed by atoms with Gasteiger partial charge in [0, 0.05) is 19.0 Å². The summed E-state index contributed by atoms with van der Waals surface area (Å²) in [6, 6.07) is 8.77. The van der Waals surface area contributed by atoms with Crippen LogP contribution in [-0.2, 0) is 9.59 Å². The highest BCUT2D eigenvalue weighted by molar-refractivity contribution is 5.77. The van der Waals surface area contributed by atoms with E-state index in [1.807, 2.05) is 30.3 Å². The van der Waals surface area contributed by atoms with Crippen molar-refractivity contribution in [2.75, 3.05) is 6.54 Å². The highest BCUT2D eigenvalue weighted by atomic mass is 16.4. The van der Waals surface area contributed by atoms with Gasteiger partial charge in [-0.05, 0) is 12.5 Å². The van der Waals surface area contributed by atoms with Crippen LogP contribution in [0, 0.1) is 0 Å². The van der Waals surface area contributed by atoms with E-state index in [1.54, 1.807) is 0 Å². The fourth-order valence-corrected chi connectivity index (χ4v) is 1.77. The molecule has 110 valence electrons. The number of aliphatic carboxylic acids is 1. The minimum Gasteiger partial charge on any atom is -0.481 e. The van der Waals surface area contributed by atoms with Crippen LogP contribution in [0.3, 0.4) is 0 Å². The molecule has 0 saturated heterocycles. The standard InChI is InChI=1S/C14H20N2O4/c1-14(20,8-13(18)19)9-16-12(17)7-11(15)10-5-3-2-4-6-10/h2-6,11,20H,7-9,15H2,1H3,(H,16,17)(H,18,19). The van der Waals surface area contributed by atoms with Gasteiger partial charge in [-0.15, -0.1) is 0 Å². The number of amides is 1. The van der Waals surface area contributed by atoms with Crippen LogP contribution in [0.15, 0.2) is 30.3 Å². The van der Waals surface area contributed by atoms with E-state index in [4.69, 9.17) is 10.8 Å². The van der Waals surface area contributed by atoms with Crippen molar-refractivity contribution in [1.29, 1.82) is 0 Å². The van der Waals surface area contributed by atoms with Crippen LogP contribution in [0.4, 0.5) is 0 Å². The van der Waals surface area contributed by atoms with Crippen molar-refractivity contribution in [2.24, 2.45) is 5.73 Å². The van der Waals surface area contributed by atoms with Crippen molar-refractivity contribution < 1.29 is 19.8 Å². The number of carbonyl (C=O) groups excluding carboxylic acids is 1. The van der Waals surface area contributed by atoms with Gasteiger partial charge in [-0.1, -0.05) is 30.3 Å². The molecular formula is C14H20N2O4. The lowest BCUT2D eigenvalue weighted by molar-refractivity contribution is -0.142. The van der Waals surface area contributed by atoms with E-state index in [2.05, 4.69) is 5.32 Å². The number of hydrogen-bond donors (Lipinski definition) is 4. The number of carboxylic acids is 1. The average Bonchev–Trinajstić information content (AvgIpc) is 2.36. The molecule has 0 aliphatic rings. The summed E-state index contributed by atoms with van der Waals surface area (Å²) < 4.78 is 0. The second-order valence-corrected chi connectivity index (χ2v) is 5.07. The van der Waals surface area contributed by atoms with E-state index in [9.17, 15) is 14.7 Å². The van der Waals surface area contributed by atoms with E-state index < -0.39 is 24.0 Å². The summed E-state index contributed by atoms with van der Waals surface area (Å²) in [5, 5.41) is 20.9. The van der Waals surface area contributed by atoms with Crippen LogP contribution < -0.4 is 11.1 Å². The largest absolute Gasteiger partial charge is 0.481 e. The molecule has 5 N–H and O–H groups in total. The summed E-state index contributed by atoms with van der Waals surface area (Å²) in [5.41, 5.74) is 5.27. The number of carboxylic acid groups (broad SMARTS) is 1. The number of hydrogen-bond acceptors (Lipinski definition) is 4. The second kappa shape index (κ2) is 7.02. The van der Waals surface area contributed by atoms with Crippen LogP contribution in [0.2, 0.25) is 0 Å². The lowest BCUT2D eigenvalue weighted by Gasteiger charge is -2.22. The van der Waals surface area contributed by atoms with Crippen LogP contribution in [0.25, 0.3) is 0 Å². The van der Waals surface area contributed by atoms with E-state index in [0.29, 0.717) is 0 Å². The van der Waals surface area contributed by atoms with Crippen molar-refractivity contribution in [3.05, 3.63) is 35.9 Å². The molecule has 6 nitrogen and oxygen atoms in total. The van der Waals surface area contributed by atoms with Crippen molar-refractivity contribution in [3.8, 4) is 0 Å². The molecule has 0 heterocycles. The lowest BCUT2D eigenvalue weighted by Crippen LogP contribution is -2.42. The first kappa shape index (κ1) is 16.1. The Morgan fingerprint density at radius 3 is 2.50 bits per heavy atom. The Hall–Kier alpha value is -1.92. The van der Waals surface area contributed by atoms with E-state index in [-0.39, 0.29) is 18.9 Å². The predicted octanol–water partition coefficient (Wildman–Crippen LogP) is 0.418. The molecular weight excluding hydrogens is 260 g/mol. The normalized spacial score (nSPS) is 15.2. The number of carbonyl (C=O) groups is 2. The number of nitrogens with one attached hydrogen (secondary N) is 1. The van der Waals surface area contributed by atoms with E-state index >= 15 is 0 Å². The van der Waals surface area contributed by atoms with Crippen LogP contribution in [0.1, 0.15) is 31.4 Å². The number of benzene rings is 1. The molecule has 0 bridgehead atoms. The van der Waals surface area contributed by atoms with Gasteiger partial charge in [0.15, 0.2) is 0 Å². The van der Waals surface area contributed by atoms with Crippen molar-refractivity contribution in [3.63, 3.8) is 0 Å². The minimum absolute atomic E-state index is 0.0766. The summed E-state index contributed by atoms with van der Waals surface area (Å²) in [5.74, 6) is -1.45. The smallest absolute Gasteiger partial charge is 0.306 e. The third-order valence-corrected chi connectivity index (χ3v) is 2.83. The molecule has 1 amide bonds. The van der Waals surface area contributed by atoms with Gasteiger partial charge >= 0.3 is 5.97 Å². The maximum atomic E-state index is 11.7. The Bertz CT molecular complexity index is 460. The minimum atomic E-state index is -1.47. The van der Waals surface area contributed by atoms with Gasteiger partial charge in [0.25, 0.3) is 0 Å². The Morgan fingerprint density at radius 2 is 1.95 bits per heavy atom. The number of nitrogens with two attached hydrogens (primary N) is 1. The van der Waals surface area contributed by atoms with Gasteiger partial charge in [0.1, 0.15) is 0 Å². The predicted molar refractivity (Wildman–Crippen MR) is 73.9 cm³/mol. The Labute approximate surface area is 117 Å². The Balaban J connectivity index is 2.42. The zero-order valence-corrected chi connectivity index (χ0v) is 11.4. The summed E-state index contributed by atoms with van der Waals surface area (Å²) in [6.45, 7) is 1.23. The summed E-state index contributed by atoms with van der Waals surface area (Å²) in [7, 11) is 0. The maximum Gasteiger partial charge on any atom is 0.306 e. The van der Waals surface area contributed by atoms with E-state index in [1.165, 1.54) is 6.92 Å². The van der Waals surface area contributed by atoms with Gasteiger partial charge in [-0.2, -0.15) is 0 Å². The second-order valence-electron chi connectivity index (χ2n) is 5.07. The first-order valence-corrected chi connectivity index (χ1v) is 6.31. The van der Waals surface area contributed by atoms with Gasteiger partial charge < -0.3 is 21.3 Å². The van der Waals surface area contributed by atoms with Gasteiger partial charge in [-0.25, -0.2) is 0 Å². The first-order chi connectivity index (χ1) is 9.30. The van der Waals surface area contributed by atoms with E-state index in [0.717, 1.165) is 5.56 Å². The molecule has 6 heteroatoms.